The van der Waals surface area contributed by atoms with Crippen LogP contribution < -0.4 is 0 Å². The maximum absolute atomic E-state index is 14.2. The number of hydrogen-bond acceptors (Lipinski definition) is 5. The van der Waals surface area contributed by atoms with E-state index in [1.165, 1.54) is 30.5 Å². The summed E-state index contributed by atoms with van der Waals surface area (Å²) in [5, 5.41) is 9.60. The Kier molecular flexibility index (Phi) is 5.47. The van der Waals surface area contributed by atoms with Crippen LogP contribution in [0.1, 0.15) is 24.0 Å². The van der Waals surface area contributed by atoms with E-state index in [2.05, 4.69) is 47.2 Å². The van der Waals surface area contributed by atoms with Gasteiger partial charge in [-0.1, -0.05) is 0 Å². The molecule has 1 fully saturated rings. The third-order valence-electron chi connectivity index (χ3n) is 7.26. The molecule has 5 aromatic heterocycles. The Bertz CT molecular complexity index is 1780. The first-order valence-electron chi connectivity index (χ1n) is 12.9. The number of nitrogens with zero attached hydrogens (tertiary/aromatic N) is 5. The van der Waals surface area contributed by atoms with Crippen LogP contribution in [-0.2, 0) is 6.54 Å². The van der Waals surface area contributed by atoms with Crippen molar-refractivity contribution in [2.75, 3.05) is 13.1 Å². The van der Waals surface area contributed by atoms with E-state index in [4.69, 9.17) is 0 Å². The van der Waals surface area contributed by atoms with Crippen molar-refractivity contribution < 1.29 is 4.39 Å². The summed E-state index contributed by atoms with van der Waals surface area (Å²) in [7, 11) is 0. The predicted molar refractivity (Wildman–Crippen MR) is 147 cm³/mol. The normalized spacial score (nSPS) is 14.2. The number of fused-ring (bicyclic) bond motifs is 2. The fourth-order valence-electron chi connectivity index (χ4n) is 5.48. The molecule has 38 heavy (non-hydrogen) atoms. The quantitative estimate of drug-likeness (QED) is 0.289. The van der Waals surface area contributed by atoms with Crippen LogP contribution in [0.5, 0.6) is 0 Å². The summed E-state index contributed by atoms with van der Waals surface area (Å²) >= 11 is 0. The number of hydrogen-bond donors (Lipinski definition) is 2. The van der Waals surface area contributed by atoms with Crippen molar-refractivity contribution >= 4 is 21.8 Å². The number of halogens is 1. The van der Waals surface area contributed by atoms with E-state index in [-0.39, 0.29) is 5.82 Å². The summed E-state index contributed by atoms with van der Waals surface area (Å²) in [6.45, 7) is 5.09. The maximum Gasteiger partial charge on any atom is 0.124 e. The van der Waals surface area contributed by atoms with Gasteiger partial charge in [0.15, 0.2) is 0 Å². The summed E-state index contributed by atoms with van der Waals surface area (Å²) in [4.78, 5) is 19.7. The van der Waals surface area contributed by atoms with E-state index >= 15 is 0 Å². The molecule has 6 heterocycles. The molecule has 0 atom stereocenters. The van der Waals surface area contributed by atoms with Gasteiger partial charge in [-0.05, 0) is 86.4 Å². The van der Waals surface area contributed by atoms with Crippen LogP contribution in [0.15, 0.2) is 67.3 Å². The van der Waals surface area contributed by atoms with Crippen LogP contribution in [0.4, 0.5) is 4.39 Å². The minimum absolute atomic E-state index is 0.271. The van der Waals surface area contributed by atoms with E-state index < -0.39 is 0 Å². The fourth-order valence-corrected chi connectivity index (χ4v) is 5.48. The first-order valence-corrected chi connectivity index (χ1v) is 12.9. The van der Waals surface area contributed by atoms with Crippen molar-refractivity contribution in [3.63, 3.8) is 0 Å². The highest BCUT2D eigenvalue weighted by molar-refractivity contribution is 6.00. The van der Waals surface area contributed by atoms with Gasteiger partial charge in [0.2, 0.25) is 0 Å². The lowest BCUT2D eigenvalue weighted by Crippen LogP contribution is -2.18. The highest BCUT2D eigenvalue weighted by Gasteiger charge is 2.17. The first kappa shape index (κ1) is 22.7. The average molecular weight is 504 g/mol. The zero-order chi connectivity index (χ0) is 25.6. The lowest BCUT2D eigenvalue weighted by molar-refractivity contribution is 0.331. The van der Waals surface area contributed by atoms with Crippen LogP contribution in [0.25, 0.3) is 55.7 Å². The van der Waals surface area contributed by atoms with Crippen LogP contribution in [0, 0.1) is 12.7 Å². The molecule has 1 aromatic carbocycles. The van der Waals surface area contributed by atoms with Crippen molar-refractivity contribution in [1.82, 2.24) is 35.0 Å². The fraction of sp³-hybridized carbons (Fsp3) is 0.200. The van der Waals surface area contributed by atoms with E-state index in [1.54, 1.807) is 6.20 Å². The topological polar surface area (TPSA) is 86.4 Å². The molecule has 8 heteroatoms. The summed E-state index contributed by atoms with van der Waals surface area (Å²) in [5.41, 5.74) is 8.78. The Morgan fingerprint density at radius 1 is 0.868 bits per heavy atom. The highest BCUT2D eigenvalue weighted by Crippen LogP contribution is 2.34. The second kappa shape index (κ2) is 9.15. The summed E-state index contributed by atoms with van der Waals surface area (Å²) in [6, 6.07) is 13.2. The van der Waals surface area contributed by atoms with Crippen LogP contribution in [-0.4, -0.2) is 48.1 Å². The van der Waals surface area contributed by atoms with Crippen LogP contribution in [0.2, 0.25) is 0 Å². The number of aromatic amines is 2. The molecule has 0 saturated carbocycles. The Balaban J connectivity index is 1.28. The molecule has 1 aliphatic heterocycles. The van der Waals surface area contributed by atoms with Gasteiger partial charge in [0.1, 0.15) is 11.5 Å². The molecule has 0 amide bonds. The van der Waals surface area contributed by atoms with E-state index in [0.29, 0.717) is 0 Å². The average Bonchev–Trinajstić information content (AvgIpc) is 3.67. The van der Waals surface area contributed by atoms with Gasteiger partial charge in [0.05, 0.1) is 28.8 Å². The summed E-state index contributed by atoms with van der Waals surface area (Å²) in [5.74, 6) is -0.271. The predicted octanol–water partition coefficient (Wildman–Crippen LogP) is 6.27. The Morgan fingerprint density at radius 2 is 1.74 bits per heavy atom. The van der Waals surface area contributed by atoms with Gasteiger partial charge in [0, 0.05) is 52.6 Å². The molecule has 0 aliphatic carbocycles. The van der Waals surface area contributed by atoms with Gasteiger partial charge < -0.3 is 4.98 Å². The zero-order valence-electron chi connectivity index (χ0n) is 21.0. The lowest BCUT2D eigenvalue weighted by atomic mass is 10.0. The Labute approximate surface area is 218 Å². The first-order chi connectivity index (χ1) is 18.6. The molecule has 0 unspecified atom stereocenters. The molecule has 7 rings (SSSR count). The number of nitrogens with one attached hydrogen (secondary N) is 2. The molecule has 1 aliphatic rings. The molecule has 0 spiro atoms. The highest BCUT2D eigenvalue weighted by atomic mass is 19.1. The SMILES string of the molecule is Cc1cc(F)cc(-c2nccc3[nH]c(-c4n[nH]c5cnc(-c6cncc(CN7CCCC7)c6)cc45)cc23)c1. The molecule has 188 valence electrons. The second-order valence-corrected chi connectivity index (χ2v) is 10.1. The molecular weight excluding hydrogens is 477 g/mol. The Morgan fingerprint density at radius 3 is 2.61 bits per heavy atom. The second-order valence-electron chi connectivity index (χ2n) is 10.1. The van der Waals surface area contributed by atoms with Gasteiger partial charge in [-0.2, -0.15) is 5.10 Å². The van der Waals surface area contributed by atoms with Crippen molar-refractivity contribution in [3.05, 3.63) is 84.2 Å². The Hall–Kier alpha value is -4.43. The molecule has 0 radical (unpaired) electrons. The number of likely N-dealkylation sites (tertiary alicyclic amines) is 1. The van der Waals surface area contributed by atoms with Crippen LogP contribution >= 0.6 is 0 Å². The van der Waals surface area contributed by atoms with Gasteiger partial charge >= 0.3 is 0 Å². The van der Waals surface area contributed by atoms with Crippen molar-refractivity contribution in [2.45, 2.75) is 26.3 Å². The standard InChI is InChI=1S/C30H26FN7/c1-18-8-20(11-22(31)9-18)29-23-13-27(35-25(23)4-5-33-29)30-24-12-26(34-16-28(24)36-37-30)21-10-19(14-32-15-21)17-38-6-2-3-7-38/h4-5,8-16,35H,2-3,6-7,17H2,1H3,(H,36,37). The van der Waals surface area contributed by atoms with Crippen molar-refractivity contribution in [3.8, 4) is 33.9 Å². The molecule has 2 N–H and O–H groups in total. The minimum atomic E-state index is -0.271. The van der Waals surface area contributed by atoms with Crippen molar-refractivity contribution in [1.29, 1.82) is 0 Å². The number of aromatic nitrogens is 6. The van der Waals surface area contributed by atoms with E-state index in [9.17, 15) is 4.39 Å². The molecular formula is C30H26FN7. The number of aryl methyl sites for hydroxylation is 1. The zero-order valence-corrected chi connectivity index (χ0v) is 21.0. The molecule has 6 aromatic rings. The summed E-state index contributed by atoms with van der Waals surface area (Å²) < 4.78 is 14.2. The molecule has 7 nitrogen and oxygen atoms in total. The van der Waals surface area contributed by atoms with E-state index in [0.717, 1.165) is 80.9 Å². The minimum Gasteiger partial charge on any atom is -0.353 e. The smallest absolute Gasteiger partial charge is 0.124 e. The van der Waals surface area contributed by atoms with E-state index in [1.807, 2.05) is 43.7 Å². The number of benzene rings is 1. The third kappa shape index (κ3) is 4.13. The van der Waals surface area contributed by atoms with Gasteiger partial charge in [0.25, 0.3) is 0 Å². The number of H-pyrrole nitrogens is 2. The number of pyridine rings is 3. The lowest BCUT2D eigenvalue weighted by Gasteiger charge is -2.14. The number of rotatable bonds is 5. The summed E-state index contributed by atoms with van der Waals surface area (Å²) in [6.07, 6.45) is 9.90. The third-order valence-corrected chi connectivity index (χ3v) is 7.26. The largest absolute Gasteiger partial charge is 0.353 e. The van der Waals surface area contributed by atoms with Crippen LogP contribution in [0.3, 0.4) is 0 Å². The molecule has 1 saturated heterocycles. The monoisotopic (exact) mass is 503 g/mol. The van der Waals surface area contributed by atoms with Gasteiger partial charge in [-0.25, -0.2) is 4.39 Å². The van der Waals surface area contributed by atoms with Crippen molar-refractivity contribution in [2.24, 2.45) is 0 Å². The van der Waals surface area contributed by atoms with Gasteiger partial charge in [-0.15, -0.1) is 0 Å². The molecule has 0 bridgehead atoms. The maximum atomic E-state index is 14.2. The van der Waals surface area contributed by atoms with Gasteiger partial charge in [-0.3, -0.25) is 25.0 Å².